The first kappa shape index (κ1) is 19.1. The minimum Gasteiger partial charge on any atom is -0.548 e. The molecule has 1 aromatic carbocycles. The monoisotopic (exact) mass is 406 g/mol. The number of non-ortho nitro benzene ring substituents is 1. The third-order valence-corrected chi connectivity index (χ3v) is 3.60. The van der Waals surface area contributed by atoms with Crippen molar-refractivity contribution in [3.63, 3.8) is 0 Å². The molecule has 0 saturated heterocycles. The van der Waals surface area contributed by atoms with E-state index in [1.807, 2.05) is 4.72 Å². The third-order valence-electron chi connectivity index (χ3n) is 2.04. The maximum absolute atomic E-state index is 11.7. The van der Waals surface area contributed by atoms with Crippen molar-refractivity contribution in [1.82, 2.24) is 4.72 Å². The van der Waals surface area contributed by atoms with Gasteiger partial charge in [-0.05, 0) is 19.1 Å². The summed E-state index contributed by atoms with van der Waals surface area (Å²) in [4.78, 5) is 19.9. The molecule has 10 heteroatoms. The van der Waals surface area contributed by atoms with Crippen molar-refractivity contribution >= 4 is 21.7 Å². The first-order valence-corrected chi connectivity index (χ1v) is 6.20. The first-order chi connectivity index (χ1) is 8.24. The molecule has 0 amide bonds. The van der Waals surface area contributed by atoms with Gasteiger partial charge in [-0.1, -0.05) is 0 Å². The standard InChI is InChI=1S/C9H10N2O6S.Cs/c1-6(9(12)13)10-18(16,17)8-4-2-7(3-5-8)11(14)15;/h2-6,10H,1H3,(H,12,13);/q;+1/p-1/t6-;/m0./s1. The topological polar surface area (TPSA) is 129 Å². The van der Waals surface area contributed by atoms with E-state index in [1.54, 1.807) is 0 Å². The summed E-state index contributed by atoms with van der Waals surface area (Å²) in [5.74, 6) is -1.57. The molecule has 1 rings (SSSR count). The van der Waals surface area contributed by atoms with Gasteiger partial charge in [-0.3, -0.25) is 10.1 Å². The van der Waals surface area contributed by atoms with E-state index in [0.717, 1.165) is 31.2 Å². The van der Waals surface area contributed by atoms with E-state index < -0.39 is 27.0 Å². The molecule has 0 fully saturated rings. The Hall–Kier alpha value is 0.0519. The van der Waals surface area contributed by atoms with Gasteiger partial charge in [0.15, 0.2) is 0 Å². The van der Waals surface area contributed by atoms with Crippen LogP contribution in [0.15, 0.2) is 29.2 Å². The first-order valence-electron chi connectivity index (χ1n) is 4.71. The molecule has 0 bridgehead atoms. The normalized spacial score (nSPS) is 12.3. The van der Waals surface area contributed by atoms with Crippen LogP contribution in [0.5, 0.6) is 0 Å². The minimum absolute atomic E-state index is 0. The second-order valence-electron chi connectivity index (χ2n) is 3.41. The van der Waals surface area contributed by atoms with Gasteiger partial charge < -0.3 is 9.90 Å². The summed E-state index contributed by atoms with van der Waals surface area (Å²) in [6.45, 7) is 1.11. The van der Waals surface area contributed by atoms with E-state index in [9.17, 15) is 28.4 Å². The van der Waals surface area contributed by atoms with Crippen LogP contribution in [0.3, 0.4) is 0 Å². The van der Waals surface area contributed by atoms with Gasteiger partial charge >= 0.3 is 68.9 Å². The van der Waals surface area contributed by atoms with Crippen molar-refractivity contribution in [1.29, 1.82) is 0 Å². The number of carboxylic acid groups (broad SMARTS) is 1. The van der Waals surface area contributed by atoms with Crippen LogP contribution >= 0.6 is 0 Å². The number of carboxylic acids is 1. The third kappa shape index (κ3) is 5.51. The van der Waals surface area contributed by atoms with Crippen LogP contribution in [0, 0.1) is 10.1 Å². The zero-order valence-electron chi connectivity index (χ0n) is 10.2. The van der Waals surface area contributed by atoms with Gasteiger partial charge in [-0.25, -0.2) is 13.1 Å². The summed E-state index contributed by atoms with van der Waals surface area (Å²) in [7, 11) is -4.04. The Morgan fingerprint density at radius 1 is 1.32 bits per heavy atom. The fourth-order valence-corrected chi connectivity index (χ4v) is 2.29. The Labute approximate surface area is 168 Å². The van der Waals surface area contributed by atoms with Gasteiger partial charge in [-0.2, -0.15) is 0 Å². The second-order valence-corrected chi connectivity index (χ2v) is 5.13. The Morgan fingerprint density at radius 2 is 1.79 bits per heavy atom. The van der Waals surface area contributed by atoms with Gasteiger partial charge in [-0.15, -0.1) is 0 Å². The van der Waals surface area contributed by atoms with Crippen molar-refractivity contribution < 1.29 is 92.1 Å². The number of sulfonamides is 1. The van der Waals surface area contributed by atoms with Crippen LogP contribution in [0.25, 0.3) is 0 Å². The fourth-order valence-electron chi connectivity index (χ4n) is 1.10. The summed E-state index contributed by atoms with van der Waals surface area (Å²) < 4.78 is 25.2. The molecule has 1 atom stereocenters. The SMILES string of the molecule is C[C@H](NS(=O)(=O)c1ccc([N+](=O)[O-])cc1)C(=O)[O-].[Cs+]. The number of nitro groups is 1. The molecule has 0 heterocycles. The molecular weight excluding hydrogens is 397 g/mol. The number of hydrogen-bond acceptors (Lipinski definition) is 6. The molecule has 0 spiro atoms. The number of carbonyl (C=O) groups excluding carboxylic acids is 1. The maximum Gasteiger partial charge on any atom is 1.00 e. The molecular formula is C9H9CsN2O6S. The van der Waals surface area contributed by atoms with Gasteiger partial charge in [0.05, 0.1) is 21.8 Å². The van der Waals surface area contributed by atoms with E-state index in [1.165, 1.54) is 0 Å². The predicted molar refractivity (Wildman–Crippen MR) is 57.9 cm³/mol. The zero-order chi connectivity index (χ0) is 13.9. The molecule has 0 radical (unpaired) electrons. The van der Waals surface area contributed by atoms with Crippen LogP contribution in [-0.2, 0) is 14.8 Å². The quantitative estimate of drug-likeness (QED) is 0.392. The average Bonchev–Trinajstić information content (AvgIpc) is 2.28. The van der Waals surface area contributed by atoms with E-state index in [-0.39, 0.29) is 79.5 Å². The van der Waals surface area contributed by atoms with Crippen LogP contribution in [-0.4, -0.2) is 25.4 Å². The molecule has 8 nitrogen and oxygen atoms in total. The van der Waals surface area contributed by atoms with Crippen LogP contribution in [0.4, 0.5) is 5.69 Å². The summed E-state index contributed by atoms with van der Waals surface area (Å²) in [5.41, 5.74) is -0.262. The molecule has 98 valence electrons. The largest absolute Gasteiger partial charge is 1.00 e. The number of benzene rings is 1. The molecule has 0 aliphatic carbocycles. The Balaban J connectivity index is 0.00000324. The average molecular weight is 406 g/mol. The zero-order valence-corrected chi connectivity index (χ0v) is 17.3. The van der Waals surface area contributed by atoms with Crippen molar-refractivity contribution in [3.05, 3.63) is 34.4 Å². The van der Waals surface area contributed by atoms with Crippen molar-refractivity contribution in [3.8, 4) is 0 Å². The van der Waals surface area contributed by atoms with Gasteiger partial charge in [0.1, 0.15) is 0 Å². The molecule has 0 unspecified atom stereocenters. The van der Waals surface area contributed by atoms with E-state index in [0.29, 0.717) is 0 Å². The van der Waals surface area contributed by atoms with Gasteiger partial charge in [0.25, 0.3) is 5.69 Å². The molecule has 0 aliphatic rings. The van der Waals surface area contributed by atoms with Crippen molar-refractivity contribution in [2.24, 2.45) is 0 Å². The summed E-state index contributed by atoms with van der Waals surface area (Å²) in [6.07, 6.45) is 0. The van der Waals surface area contributed by atoms with E-state index in [4.69, 9.17) is 0 Å². The maximum atomic E-state index is 11.7. The molecule has 1 aromatic rings. The van der Waals surface area contributed by atoms with Crippen LogP contribution < -0.4 is 78.7 Å². The molecule has 0 saturated carbocycles. The molecule has 1 N–H and O–H groups in total. The van der Waals surface area contributed by atoms with Crippen LogP contribution in [0.2, 0.25) is 0 Å². The fraction of sp³-hybridized carbons (Fsp3) is 0.222. The van der Waals surface area contributed by atoms with Gasteiger partial charge in [0, 0.05) is 12.1 Å². The van der Waals surface area contributed by atoms with Crippen LogP contribution in [0.1, 0.15) is 6.92 Å². The smallest absolute Gasteiger partial charge is 0.548 e. The Kier molecular flexibility index (Phi) is 7.75. The molecule has 0 aliphatic heterocycles. The van der Waals surface area contributed by atoms with E-state index in [2.05, 4.69) is 0 Å². The number of nitrogens with zero attached hydrogens (tertiary/aromatic N) is 1. The summed E-state index contributed by atoms with van der Waals surface area (Å²) in [6, 6.07) is 2.66. The van der Waals surface area contributed by atoms with Crippen molar-refractivity contribution in [2.45, 2.75) is 17.9 Å². The number of hydrogen-bond donors (Lipinski definition) is 1. The summed E-state index contributed by atoms with van der Waals surface area (Å²) >= 11 is 0. The Bertz CT molecular complexity index is 571. The number of aliphatic carboxylic acids is 1. The predicted octanol–water partition coefficient (Wildman–Crippen LogP) is -3.98. The van der Waals surface area contributed by atoms with Gasteiger partial charge in [0.2, 0.25) is 10.0 Å². The Morgan fingerprint density at radius 3 is 2.16 bits per heavy atom. The number of nitro benzene ring substituents is 1. The number of nitrogens with one attached hydrogen (secondary N) is 1. The summed E-state index contributed by atoms with van der Waals surface area (Å²) in [5, 5.41) is 20.8. The molecule has 19 heavy (non-hydrogen) atoms. The second kappa shape index (κ2) is 7.73. The molecule has 0 aromatic heterocycles. The van der Waals surface area contributed by atoms with E-state index >= 15 is 0 Å². The minimum atomic E-state index is -4.04. The van der Waals surface area contributed by atoms with Crippen molar-refractivity contribution in [2.75, 3.05) is 0 Å². The number of rotatable bonds is 5. The number of carbonyl (C=O) groups is 1.